The topological polar surface area (TPSA) is 78.0 Å². The Morgan fingerprint density at radius 3 is 2.84 bits per heavy atom. The lowest BCUT2D eigenvalue weighted by atomic mass is 10.3. The molecule has 0 aliphatic heterocycles. The zero-order chi connectivity index (χ0) is 14.0. The van der Waals surface area contributed by atoms with Crippen molar-refractivity contribution in [1.82, 2.24) is 9.55 Å². The van der Waals surface area contributed by atoms with Gasteiger partial charge in [-0.05, 0) is 22.0 Å². The largest absolute Gasteiger partial charge is 0.342 e. The van der Waals surface area contributed by atoms with E-state index in [0.29, 0.717) is 10.7 Å². The van der Waals surface area contributed by atoms with E-state index in [1.165, 1.54) is 17.0 Å². The van der Waals surface area contributed by atoms with Gasteiger partial charge in [-0.15, -0.1) is 0 Å². The Bertz CT molecular complexity index is 702. The van der Waals surface area contributed by atoms with Gasteiger partial charge in [-0.1, -0.05) is 17.7 Å². The van der Waals surface area contributed by atoms with Crippen LogP contribution in [0, 0.1) is 10.1 Å². The van der Waals surface area contributed by atoms with Gasteiger partial charge >= 0.3 is 5.69 Å². The number of nitro groups is 1. The summed E-state index contributed by atoms with van der Waals surface area (Å²) in [7, 11) is 0. The van der Waals surface area contributed by atoms with Crippen LogP contribution < -0.4 is 5.43 Å². The van der Waals surface area contributed by atoms with Crippen molar-refractivity contribution >= 4 is 33.2 Å². The zero-order valence-corrected chi connectivity index (χ0v) is 11.8. The van der Waals surface area contributed by atoms with Crippen LogP contribution in [0.1, 0.15) is 5.56 Å². The normalized spacial score (nSPS) is 10.4. The van der Waals surface area contributed by atoms with Crippen molar-refractivity contribution in [2.75, 3.05) is 0 Å². The molecule has 2 heterocycles. The van der Waals surface area contributed by atoms with Crippen molar-refractivity contribution < 1.29 is 4.92 Å². The quantitative estimate of drug-likeness (QED) is 0.487. The summed E-state index contributed by atoms with van der Waals surface area (Å²) in [5, 5.41) is 11.1. The number of hydrogen-bond donors (Lipinski definition) is 0. The van der Waals surface area contributed by atoms with E-state index in [9.17, 15) is 14.9 Å². The standard InChI is InChI=1S/C11H7BrClN3O3/c12-8-5-15(6-9(10(8)17)16(18)19)4-7-2-1-3-14-11(7)13/h1-3,5-6H,4H2. The predicted octanol–water partition coefficient (Wildman–Crippen LogP) is 2.62. The molecule has 0 atom stereocenters. The summed E-state index contributed by atoms with van der Waals surface area (Å²) < 4.78 is 1.63. The Morgan fingerprint density at radius 2 is 2.21 bits per heavy atom. The Hall–Kier alpha value is -1.73. The smallest absolute Gasteiger partial charge is 0.333 e. The third kappa shape index (κ3) is 2.99. The number of pyridine rings is 2. The van der Waals surface area contributed by atoms with Crippen LogP contribution in [0.5, 0.6) is 0 Å². The summed E-state index contributed by atoms with van der Waals surface area (Å²) in [6.45, 7) is 0.284. The minimum Gasteiger partial charge on any atom is -0.342 e. The molecule has 0 bridgehead atoms. The van der Waals surface area contributed by atoms with Crippen LogP contribution in [0.25, 0.3) is 0 Å². The fourth-order valence-electron chi connectivity index (χ4n) is 1.53. The average Bonchev–Trinajstić information content (AvgIpc) is 2.36. The fourth-order valence-corrected chi connectivity index (χ4v) is 2.18. The summed E-state index contributed by atoms with van der Waals surface area (Å²) in [6.07, 6.45) is 4.20. The lowest BCUT2D eigenvalue weighted by molar-refractivity contribution is -0.386. The molecule has 2 aromatic rings. The number of aromatic nitrogens is 2. The molecule has 0 spiro atoms. The Morgan fingerprint density at radius 1 is 1.47 bits per heavy atom. The molecule has 2 aromatic heterocycles. The van der Waals surface area contributed by atoms with E-state index in [1.54, 1.807) is 18.3 Å². The Labute approximate surface area is 120 Å². The summed E-state index contributed by atoms with van der Waals surface area (Å²) in [5.41, 5.74) is -0.443. The maximum atomic E-state index is 11.5. The SMILES string of the molecule is O=c1c(Br)cn(Cc2cccnc2Cl)cc1[N+](=O)[O-]. The van der Waals surface area contributed by atoms with Gasteiger partial charge in [-0.3, -0.25) is 14.9 Å². The molecule has 6 nitrogen and oxygen atoms in total. The first-order valence-electron chi connectivity index (χ1n) is 5.12. The fraction of sp³-hybridized carbons (Fsp3) is 0.0909. The van der Waals surface area contributed by atoms with Crippen molar-refractivity contribution in [1.29, 1.82) is 0 Å². The van der Waals surface area contributed by atoms with Crippen LogP contribution in [0.15, 0.2) is 40.0 Å². The van der Waals surface area contributed by atoms with Gasteiger partial charge in [-0.2, -0.15) is 0 Å². The molecule has 0 unspecified atom stereocenters. The Kier molecular flexibility index (Phi) is 3.96. The van der Waals surface area contributed by atoms with E-state index in [4.69, 9.17) is 11.6 Å². The molecular weight excluding hydrogens is 337 g/mol. The van der Waals surface area contributed by atoms with Gasteiger partial charge in [0.05, 0.1) is 22.1 Å². The van der Waals surface area contributed by atoms with Crippen LogP contribution in [0.2, 0.25) is 5.15 Å². The van der Waals surface area contributed by atoms with Gasteiger partial charge in [0.1, 0.15) is 5.15 Å². The summed E-state index contributed by atoms with van der Waals surface area (Å²) >= 11 is 8.93. The zero-order valence-electron chi connectivity index (χ0n) is 9.42. The second-order valence-electron chi connectivity index (χ2n) is 3.70. The lowest BCUT2D eigenvalue weighted by Crippen LogP contribution is -2.13. The minimum absolute atomic E-state index is 0.127. The highest BCUT2D eigenvalue weighted by Gasteiger charge is 2.16. The van der Waals surface area contributed by atoms with Crippen molar-refractivity contribution in [3.8, 4) is 0 Å². The monoisotopic (exact) mass is 343 g/mol. The summed E-state index contributed by atoms with van der Waals surface area (Å²) in [4.78, 5) is 25.5. The second-order valence-corrected chi connectivity index (χ2v) is 4.92. The van der Waals surface area contributed by atoms with E-state index < -0.39 is 16.0 Å². The molecule has 0 aromatic carbocycles. The van der Waals surface area contributed by atoms with Crippen LogP contribution in [0.4, 0.5) is 5.69 Å². The van der Waals surface area contributed by atoms with Gasteiger partial charge in [0.25, 0.3) is 5.43 Å². The molecule has 0 saturated carbocycles. The molecule has 8 heteroatoms. The molecule has 0 amide bonds. The number of rotatable bonds is 3. The van der Waals surface area contributed by atoms with Crippen LogP contribution in [0.3, 0.4) is 0 Å². The molecule has 0 aliphatic rings. The molecule has 0 radical (unpaired) electrons. The molecule has 0 fully saturated rings. The molecule has 0 aliphatic carbocycles. The minimum atomic E-state index is -0.714. The van der Waals surface area contributed by atoms with Crippen LogP contribution in [-0.4, -0.2) is 14.5 Å². The van der Waals surface area contributed by atoms with Gasteiger partial charge < -0.3 is 4.57 Å². The van der Waals surface area contributed by atoms with Crippen LogP contribution >= 0.6 is 27.5 Å². The average molecular weight is 345 g/mol. The van der Waals surface area contributed by atoms with Gasteiger partial charge in [0.15, 0.2) is 0 Å². The van der Waals surface area contributed by atoms with Crippen molar-refractivity contribution in [2.45, 2.75) is 6.54 Å². The summed E-state index contributed by atoms with van der Waals surface area (Å²) in [6, 6.07) is 3.47. The molecule has 98 valence electrons. The first kappa shape index (κ1) is 13.7. The number of hydrogen-bond acceptors (Lipinski definition) is 4. The van der Waals surface area contributed by atoms with E-state index in [-0.39, 0.29) is 11.0 Å². The van der Waals surface area contributed by atoms with E-state index in [0.717, 1.165) is 0 Å². The highest BCUT2D eigenvalue weighted by molar-refractivity contribution is 9.10. The third-order valence-electron chi connectivity index (χ3n) is 2.40. The second kappa shape index (κ2) is 5.50. The lowest BCUT2D eigenvalue weighted by Gasteiger charge is -2.08. The van der Waals surface area contributed by atoms with Gasteiger partial charge in [-0.25, -0.2) is 4.98 Å². The van der Waals surface area contributed by atoms with E-state index in [2.05, 4.69) is 20.9 Å². The number of halogens is 2. The Balaban J connectivity index is 2.45. The van der Waals surface area contributed by atoms with Crippen molar-refractivity contribution in [3.63, 3.8) is 0 Å². The third-order valence-corrected chi connectivity index (χ3v) is 3.31. The van der Waals surface area contributed by atoms with E-state index >= 15 is 0 Å². The first-order chi connectivity index (χ1) is 8.99. The summed E-state index contributed by atoms with van der Waals surface area (Å²) in [5.74, 6) is 0. The molecule has 0 N–H and O–H groups in total. The highest BCUT2D eigenvalue weighted by atomic mass is 79.9. The van der Waals surface area contributed by atoms with Crippen molar-refractivity contribution in [3.05, 3.63) is 66.3 Å². The highest BCUT2D eigenvalue weighted by Crippen LogP contribution is 2.16. The van der Waals surface area contributed by atoms with Crippen molar-refractivity contribution in [2.24, 2.45) is 0 Å². The van der Waals surface area contributed by atoms with E-state index in [1.807, 2.05) is 0 Å². The first-order valence-corrected chi connectivity index (χ1v) is 6.29. The van der Waals surface area contributed by atoms with Crippen LogP contribution in [-0.2, 0) is 6.54 Å². The predicted molar refractivity (Wildman–Crippen MR) is 73.4 cm³/mol. The molecule has 2 rings (SSSR count). The van der Waals surface area contributed by atoms with Gasteiger partial charge in [0, 0.05) is 18.0 Å². The molecular formula is C11H7BrClN3O3. The number of nitrogens with zero attached hydrogens (tertiary/aromatic N) is 3. The maximum absolute atomic E-state index is 11.5. The maximum Gasteiger partial charge on any atom is 0.333 e. The molecule has 19 heavy (non-hydrogen) atoms. The molecule has 0 saturated heterocycles. The van der Waals surface area contributed by atoms with Gasteiger partial charge in [0.2, 0.25) is 0 Å².